The highest BCUT2D eigenvalue weighted by molar-refractivity contribution is 5.94. The van der Waals surface area contributed by atoms with Gasteiger partial charge in [-0.25, -0.2) is 4.98 Å². The summed E-state index contributed by atoms with van der Waals surface area (Å²) in [5.41, 5.74) is 4.73. The lowest BCUT2D eigenvalue weighted by molar-refractivity contribution is -0.125. The number of hydrogen-bond donors (Lipinski definition) is 2. The Labute approximate surface area is 122 Å². The molecule has 0 saturated carbocycles. The number of nitrogens with zero attached hydrogens (tertiary/aromatic N) is 1. The van der Waals surface area contributed by atoms with Crippen molar-refractivity contribution >= 4 is 22.5 Å². The summed E-state index contributed by atoms with van der Waals surface area (Å²) in [7, 11) is 0. The summed E-state index contributed by atoms with van der Waals surface area (Å²) in [4.78, 5) is 15.7. The van der Waals surface area contributed by atoms with Gasteiger partial charge in [0.2, 0.25) is 12.7 Å². The van der Waals surface area contributed by atoms with Crippen LogP contribution in [0.5, 0.6) is 11.5 Å². The molecule has 1 aliphatic heterocycles. The zero-order valence-corrected chi connectivity index (χ0v) is 12.0. The van der Waals surface area contributed by atoms with Gasteiger partial charge in [-0.2, -0.15) is 0 Å². The van der Waals surface area contributed by atoms with Gasteiger partial charge in [-0.05, 0) is 37.4 Å². The monoisotopic (exact) mass is 287 g/mol. The van der Waals surface area contributed by atoms with Gasteiger partial charge in [0, 0.05) is 18.1 Å². The van der Waals surface area contributed by atoms with E-state index in [0.29, 0.717) is 18.1 Å². The summed E-state index contributed by atoms with van der Waals surface area (Å²) in [5.74, 6) is 1.78. The fraction of sp³-hybridized carbons (Fsp3) is 0.333. The molecule has 0 saturated heterocycles. The second-order valence-electron chi connectivity index (χ2n) is 5.69. The predicted octanol–water partition coefficient (Wildman–Crippen LogP) is 1.89. The molecule has 1 aromatic heterocycles. The molecule has 110 valence electrons. The number of carbonyl (C=O) groups excluding carboxylic acids is 1. The van der Waals surface area contributed by atoms with Crippen LogP contribution in [-0.4, -0.2) is 24.2 Å². The maximum Gasteiger partial charge on any atom is 0.231 e. The number of ether oxygens (including phenoxy) is 2. The van der Waals surface area contributed by atoms with Crippen LogP contribution in [0, 0.1) is 5.41 Å². The number of rotatable bonds is 4. The molecule has 1 aromatic carbocycles. The first-order valence-electron chi connectivity index (χ1n) is 6.69. The van der Waals surface area contributed by atoms with Crippen LogP contribution in [0.25, 0.3) is 10.8 Å². The number of nitrogens with two attached hydrogens (primary N) is 1. The normalized spacial score (nSPS) is 13.4. The predicted molar refractivity (Wildman–Crippen MR) is 79.3 cm³/mol. The van der Waals surface area contributed by atoms with E-state index < -0.39 is 5.41 Å². The molecule has 0 atom stereocenters. The first-order chi connectivity index (χ1) is 9.97. The van der Waals surface area contributed by atoms with Gasteiger partial charge in [0.25, 0.3) is 0 Å². The van der Waals surface area contributed by atoms with Gasteiger partial charge in [-0.3, -0.25) is 4.79 Å². The number of benzene rings is 1. The van der Waals surface area contributed by atoms with Gasteiger partial charge in [0.05, 0.1) is 5.41 Å². The third-order valence-electron chi connectivity index (χ3n) is 3.62. The Morgan fingerprint density at radius 1 is 1.38 bits per heavy atom. The number of primary amides is 1. The van der Waals surface area contributed by atoms with Crippen molar-refractivity contribution in [1.82, 2.24) is 4.98 Å². The van der Waals surface area contributed by atoms with E-state index in [9.17, 15) is 4.79 Å². The van der Waals surface area contributed by atoms with Crippen molar-refractivity contribution in [1.29, 1.82) is 0 Å². The lowest BCUT2D eigenvalue weighted by Crippen LogP contribution is -2.37. The Bertz CT molecular complexity index is 713. The van der Waals surface area contributed by atoms with E-state index in [1.54, 1.807) is 20.0 Å². The Hall–Kier alpha value is -2.50. The number of amides is 1. The fourth-order valence-electron chi connectivity index (χ4n) is 2.09. The zero-order valence-electron chi connectivity index (χ0n) is 12.0. The van der Waals surface area contributed by atoms with E-state index in [-0.39, 0.29) is 12.7 Å². The van der Waals surface area contributed by atoms with Crippen LogP contribution in [0.15, 0.2) is 24.4 Å². The van der Waals surface area contributed by atoms with E-state index in [1.807, 2.05) is 18.2 Å². The van der Waals surface area contributed by atoms with E-state index in [0.717, 1.165) is 16.5 Å². The minimum Gasteiger partial charge on any atom is -0.454 e. The SMILES string of the molecule is CC(C)(CNc1nccc2cc3c(cc12)OCO3)C(N)=O. The molecule has 0 spiro atoms. The van der Waals surface area contributed by atoms with Crippen molar-refractivity contribution in [3.05, 3.63) is 24.4 Å². The van der Waals surface area contributed by atoms with Gasteiger partial charge < -0.3 is 20.5 Å². The average Bonchev–Trinajstić information content (AvgIpc) is 2.89. The van der Waals surface area contributed by atoms with Crippen LogP contribution in [0.2, 0.25) is 0 Å². The highest BCUT2D eigenvalue weighted by Crippen LogP contribution is 2.37. The number of carbonyl (C=O) groups is 1. The largest absolute Gasteiger partial charge is 0.454 e. The smallest absolute Gasteiger partial charge is 0.231 e. The van der Waals surface area contributed by atoms with E-state index >= 15 is 0 Å². The molecule has 0 fully saturated rings. The third kappa shape index (κ3) is 2.44. The molecule has 0 bridgehead atoms. The van der Waals surface area contributed by atoms with Crippen molar-refractivity contribution in [2.24, 2.45) is 11.1 Å². The van der Waals surface area contributed by atoms with E-state index in [4.69, 9.17) is 15.2 Å². The Kier molecular flexibility index (Phi) is 3.08. The van der Waals surface area contributed by atoms with Crippen LogP contribution in [-0.2, 0) is 4.79 Å². The Morgan fingerprint density at radius 3 is 2.81 bits per heavy atom. The summed E-state index contributed by atoms with van der Waals surface area (Å²) >= 11 is 0. The second kappa shape index (κ2) is 4.80. The molecule has 0 radical (unpaired) electrons. The van der Waals surface area contributed by atoms with Crippen LogP contribution < -0.4 is 20.5 Å². The average molecular weight is 287 g/mol. The summed E-state index contributed by atoms with van der Waals surface area (Å²) in [6.07, 6.45) is 1.71. The fourth-order valence-corrected chi connectivity index (χ4v) is 2.09. The second-order valence-corrected chi connectivity index (χ2v) is 5.69. The molecule has 2 aromatic rings. The topological polar surface area (TPSA) is 86.5 Å². The number of nitrogens with one attached hydrogen (secondary N) is 1. The first kappa shape index (κ1) is 13.5. The van der Waals surface area contributed by atoms with Crippen LogP contribution in [0.3, 0.4) is 0 Å². The van der Waals surface area contributed by atoms with E-state index in [2.05, 4.69) is 10.3 Å². The molecule has 1 amide bonds. The van der Waals surface area contributed by atoms with Crippen molar-refractivity contribution in [2.45, 2.75) is 13.8 Å². The quantitative estimate of drug-likeness (QED) is 0.896. The van der Waals surface area contributed by atoms with Crippen LogP contribution in [0.1, 0.15) is 13.8 Å². The Balaban J connectivity index is 1.94. The van der Waals surface area contributed by atoms with Crippen molar-refractivity contribution in [3.63, 3.8) is 0 Å². The van der Waals surface area contributed by atoms with Crippen molar-refractivity contribution in [2.75, 3.05) is 18.7 Å². The van der Waals surface area contributed by atoms with Gasteiger partial charge in [0.15, 0.2) is 11.5 Å². The molecular weight excluding hydrogens is 270 g/mol. The minimum atomic E-state index is -0.653. The molecule has 2 heterocycles. The molecule has 3 rings (SSSR count). The number of anilines is 1. The molecule has 0 unspecified atom stereocenters. The molecule has 21 heavy (non-hydrogen) atoms. The molecule has 0 aliphatic carbocycles. The summed E-state index contributed by atoms with van der Waals surface area (Å²) in [6.45, 7) is 4.23. The molecule has 3 N–H and O–H groups in total. The van der Waals surface area contributed by atoms with Gasteiger partial charge in [-0.1, -0.05) is 0 Å². The molecular formula is C15H17N3O3. The maximum atomic E-state index is 11.4. The maximum absolute atomic E-state index is 11.4. The number of fused-ring (bicyclic) bond motifs is 2. The molecule has 6 nitrogen and oxygen atoms in total. The highest BCUT2D eigenvalue weighted by atomic mass is 16.7. The summed E-state index contributed by atoms with van der Waals surface area (Å²) in [5, 5.41) is 5.10. The Morgan fingerprint density at radius 2 is 2.10 bits per heavy atom. The number of hydrogen-bond acceptors (Lipinski definition) is 5. The minimum absolute atomic E-state index is 0.233. The lowest BCUT2D eigenvalue weighted by Gasteiger charge is -2.21. The van der Waals surface area contributed by atoms with Crippen LogP contribution in [0.4, 0.5) is 5.82 Å². The molecule has 6 heteroatoms. The van der Waals surface area contributed by atoms with Crippen LogP contribution >= 0.6 is 0 Å². The number of pyridine rings is 1. The lowest BCUT2D eigenvalue weighted by atomic mass is 9.93. The highest BCUT2D eigenvalue weighted by Gasteiger charge is 2.25. The standard InChI is InChI=1S/C15H17N3O3/c1-15(2,14(16)19)7-18-13-10-6-12-11(20-8-21-12)5-9(10)3-4-17-13/h3-6H,7-8H2,1-2H3,(H2,16,19)(H,17,18). The van der Waals surface area contributed by atoms with E-state index in [1.165, 1.54) is 0 Å². The summed E-state index contributed by atoms with van der Waals surface area (Å²) < 4.78 is 10.8. The summed E-state index contributed by atoms with van der Waals surface area (Å²) in [6, 6.07) is 5.72. The van der Waals surface area contributed by atoms with Crippen molar-refractivity contribution in [3.8, 4) is 11.5 Å². The first-order valence-corrected chi connectivity index (χ1v) is 6.69. The third-order valence-corrected chi connectivity index (χ3v) is 3.62. The number of aromatic nitrogens is 1. The van der Waals surface area contributed by atoms with Gasteiger partial charge in [-0.15, -0.1) is 0 Å². The van der Waals surface area contributed by atoms with Gasteiger partial charge in [0.1, 0.15) is 5.82 Å². The molecule has 1 aliphatic rings. The van der Waals surface area contributed by atoms with Gasteiger partial charge >= 0.3 is 0 Å². The van der Waals surface area contributed by atoms with Crippen molar-refractivity contribution < 1.29 is 14.3 Å². The zero-order chi connectivity index (χ0) is 15.0.